The van der Waals surface area contributed by atoms with Crippen molar-refractivity contribution < 1.29 is 19.8 Å². The number of nitrogens with two attached hydrogens (primary N) is 2. The Balaban J connectivity index is 0.000000197. The van der Waals surface area contributed by atoms with E-state index in [1.807, 2.05) is 30.5 Å². The predicted molar refractivity (Wildman–Crippen MR) is 95.5 cm³/mol. The van der Waals surface area contributed by atoms with Crippen LogP contribution in [0, 0.1) is 0 Å². The summed E-state index contributed by atoms with van der Waals surface area (Å²) in [6.07, 6.45) is 5.49. The number of aliphatic carboxylic acids is 2. The Morgan fingerprint density at radius 1 is 1.04 bits per heavy atom. The van der Waals surface area contributed by atoms with Crippen molar-refractivity contribution >= 4 is 22.8 Å². The van der Waals surface area contributed by atoms with Gasteiger partial charge in [-0.2, -0.15) is 0 Å². The van der Waals surface area contributed by atoms with Crippen LogP contribution in [0.3, 0.4) is 0 Å². The van der Waals surface area contributed by atoms with Crippen LogP contribution in [-0.2, 0) is 22.4 Å². The van der Waals surface area contributed by atoms with Gasteiger partial charge >= 0.3 is 11.9 Å². The van der Waals surface area contributed by atoms with E-state index in [-0.39, 0.29) is 6.42 Å². The number of nitrogens with zero attached hydrogens (tertiary/aromatic N) is 1. The number of rotatable bonds is 6. The highest BCUT2D eigenvalue weighted by Gasteiger charge is 2.14. The number of H-pyrrole nitrogens is 2. The molecule has 9 nitrogen and oxygen atoms in total. The first-order valence-corrected chi connectivity index (χ1v) is 7.87. The van der Waals surface area contributed by atoms with Crippen molar-refractivity contribution in [3.63, 3.8) is 0 Å². The topological polar surface area (TPSA) is 171 Å². The summed E-state index contributed by atoms with van der Waals surface area (Å²) in [7, 11) is 0. The van der Waals surface area contributed by atoms with Crippen molar-refractivity contribution in [1.82, 2.24) is 15.0 Å². The molecule has 0 spiro atoms. The fraction of sp³-hybridized carbons (Fsp3) is 0.235. The van der Waals surface area contributed by atoms with E-state index >= 15 is 0 Å². The largest absolute Gasteiger partial charge is 0.480 e. The second-order valence-corrected chi connectivity index (χ2v) is 5.73. The van der Waals surface area contributed by atoms with Gasteiger partial charge in [0.15, 0.2) is 0 Å². The van der Waals surface area contributed by atoms with Gasteiger partial charge in [-0.1, -0.05) is 18.2 Å². The standard InChI is InChI=1S/C11H12N2O2.C6H9N3O2/c12-9(11(14)15)5-7-6-13-10-4-2-1-3-8(7)10;7-5(6(10)11)1-4-2-8-3-9-4/h1-4,6,9,13H,5,12H2,(H,14,15);2-3,5H,1,7H2,(H,8,9)(H,10,11)/t9-;5-/m00/s1. The fourth-order valence-electron chi connectivity index (χ4n) is 2.35. The van der Waals surface area contributed by atoms with Gasteiger partial charge < -0.3 is 31.6 Å². The second-order valence-electron chi connectivity index (χ2n) is 5.73. The lowest BCUT2D eigenvalue weighted by atomic mass is 10.1. The van der Waals surface area contributed by atoms with Gasteiger partial charge in [-0.3, -0.25) is 9.59 Å². The molecule has 0 aliphatic rings. The van der Waals surface area contributed by atoms with Crippen LogP contribution < -0.4 is 11.5 Å². The van der Waals surface area contributed by atoms with Gasteiger partial charge in [0.05, 0.1) is 6.33 Å². The van der Waals surface area contributed by atoms with E-state index in [2.05, 4.69) is 15.0 Å². The third kappa shape index (κ3) is 5.16. The molecule has 2 heterocycles. The Morgan fingerprint density at radius 3 is 2.31 bits per heavy atom. The Kier molecular flexibility index (Phi) is 6.48. The number of para-hydroxylation sites is 1. The number of hydrogen-bond acceptors (Lipinski definition) is 5. The number of benzene rings is 1. The molecular weight excluding hydrogens is 338 g/mol. The summed E-state index contributed by atoms with van der Waals surface area (Å²) in [4.78, 5) is 30.5. The van der Waals surface area contributed by atoms with Crippen LogP contribution in [0.4, 0.5) is 0 Å². The van der Waals surface area contributed by atoms with Crippen molar-refractivity contribution in [2.45, 2.75) is 24.9 Å². The molecule has 1 aromatic carbocycles. The number of imidazole rings is 1. The molecule has 138 valence electrons. The molecule has 0 aliphatic heterocycles. The van der Waals surface area contributed by atoms with E-state index < -0.39 is 24.0 Å². The molecule has 0 fully saturated rings. The maximum absolute atomic E-state index is 10.6. The molecule has 0 aliphatic carbocycles. The van der Waals surface area contributed by atoms with Gasteiger partial charge in [-0.25, -0.2) is 4.98 Å². The number of fused-ring (bicyclic) bond motifs is 1. The molecule has 0 saturated heterocycles. The average molecular weight is 359 g/mol. The highest BCUT2D eigenvalue weighted by molar-refractivity contribution is 5.84. The van der Waals surface area contributed by atoms with Crippen molar-refractivity contribution in [2.24, 2.45) is 11.5 Å². The molecule has 9 heteroatoms. The van der Waals surface area contributed by atoms with Crippen LogP contribution in [0.15, 0.2) is 43.0 Å². The zero-order valence-electron chi connectivity index (χ0n) is 13.9. The second kappa shape index (κ2) is 8.79. The number of carboxylic acids is 2. The van der Waals surface area contributed by atoms with Crippen LogP contribution in [0.1, 0.15) is 11.3 Å². The molecule has 0 radical (unpaired) electrons. The highest BCUT2D eigenvalue weighted by atomic mass is 16.4. The van der Waals surface area contributed by atoms with Crippen molar-refractivity contribution in [3.8, 4) is 0 Å². The van der Waals surface area contributed by atoms with E-state index in [4.69, 9.17) is 21.7 Å². The number of hydrogen-bond donors (Lipinski definition) is 6. The van der Waals surface area contributed by atoms with Gasteiger partial charge in [-0.15, -0.1) is 0 Å². The van der Waals surface area contributed by atoms with Gasteiger partial charge in [0.1, 0.15) is 12.1 Å². The lowest BCUT2D eigenvalue weighted by molar-refractivity contribution is -0.139. The number of nitrogens with one attached hydrogen (secondary N) is 2. The van der Waals surface area contributed by atoms with Gasteiger partial charge in [0.25, 0.3) is 0 Å². The van der Waals surface area contributed by atoms with Crippen molar-refractivity contribution in [2.75, 3.05) is 0 Å². The number of aromatic nitrogens is 3. The van der Waals surface area contributed by atoms with Crippen molar-refractivity contribution in [3.05, 3.63) is 54.2 Å². The maximum Gasteiger partial charge on any atom is 0.320 e. The zero-order chi connectivity index (χ0) is 19.1. The first kappa shape index (κ1) is 19.2. The molecule has 2 atom stereocenters. The third-order valence-electron chi connectivity index (χ3n) is 3.74. The summed E-state index contributed by atoms with van der Waals surface area (Å²) in [5, 5.41) is 18.2. The van der Waals surface area contributed by atoms with Gasteiger partial charge in [-0.05, 0) is 11.6 Å². The summed E-state index contributed by atoms with van der Waals surface area (Å²) in [6, 6.07) is 6.06. The Morgan fingerprint density at radius 2 is 1.69 bits per heavy atom. The van der Waals surface area contributed by atoms with Gasteiger partial charge in [0, 0.05) is 41.8 Å². The smallest absolute Gasteiger partial charge is 0.320 e. The fourth-order valence-corrected chi connectivity index (χ4v) is 2.35. The molecule has 3 aromatic rings. The molecule has 3 rings (SSSR count). The molecule has 0 saturated carbocycles. The number of carbonyl (C=O) groups is 2. The summed E-state index contributed by atoms with van der Waals surface area (Å²) in [5.74, 6) is -1.97. The van der Waals surface area contributed by atoms with Gasteiger partial charge in [0.2, 0.25) is 0 Å². The summed E-state index contributed by atoms with van der Waals surface area (Å²) < 4.78 is 0. The molecule has 0 unspecified atom stereocenters. The molecule has 8 N–H and O–H groups in total. The SMILES string of the molecule is N[C@@H](Cc1c[nH]c2ccccc12)C(=O)O.N[C@@H](Cc1cnc[nH]1)C(=O)O. The monoisotopic (exact) mass is 359 g/mol. The number of carboxylic acid groups (broad SMARTS) is 2. The quantitative estimate of drug-likeness (QED) is 0.371. The summed E-state index contributed by atoms with van der Waals surface area (Å²) in [6.45, 7) is 0. The molecular formula is C17H21N5O4. The third-order valence-corrected chi connectivity index (χ3v) is 3.74. The minimum absolute atomic E-state index is 0.287. The van der Waals surface area contributed by atoms with Crippen LogP contribution in [0.25, 0.3) is 10.9 Å². The number of aromatic amines is 2. The van der Waals surface area contributed by atoms with Crippen LogP contribution in [-0.4, -0.2) is 49.2 Å². The Hall–Kier alpha value is -3.17. The molecule has 0 bridgehead atoms. The van der Waals surface area contributed by atoms with E-state index in [0.717, 1.165) is 22.2 Å². The zero-order valence-corrected chi connectivity index (χ0v) is 13.9. The first-order chi connectivity index (χ1) is 12.4. The van der Waals surface area contributed by atoms with Crippen LogP contribution in [0.5, 0.6) is 0 Å². The van der Waals surface area contributed by atoms with Crippen LogP contribution in [0.2, 0.25) is 0 Å². The van der Waals surface area contributed by atoms with E-state index in [1.165, 1.54) is 6.33 Å². The lowest BCUT2D eigenvalue weighted by Gasteiger charge is -2.04. The van der Waals surface area contributed by atoms with E-state index in [1.54, 1.807) is 6.20 Å². The Labute approximate surface area is 149 Å². The van der Waals surface area contributed by atoms with Crippen LogP contribution >= 0.6 is 0 Å². The molecule has 0 amide bonds. The minimum Gasteiger partial charge on any atom is -0.480 e. The first-order valence-electron chi connectivity index (χ1n) is 7.87. The average Bonchev–Trinajstić information content (AvgIpc) is 3.25. The predicted octanol–water partition coefficient (Wildman–Crippen LogP) is 0.486. The molecule has 2 aromatic heterocycles. The van der Waals surface area contributed by atoms with Crippen molar-refractivity contribution in [1.29, 1.82) is 0 Å². The summed E-state index contributed by atoms with van der Waals surface area (Å²) >= 11 is 0. The Bertz CT molecular complexity index is 859. The lowest BCUT2D eigenvalue weighted by Crippen LogP contribution is -2.32. The summed E-state index contributed by atoms with van der Waals surface area (Å²) in [5.41, 5.74) is 13.4. The van der Waals surface area contributed by atoms with E-state index in [0.29, 0.717) is 6.42 Å². The highest BCUT2D eigenvalue weighted by Crippen LogP contribution is 2.18. The normalized spacial score (nSPS) is 12.8. The molecule has 26 heavy (non-hydrogen) atoms. The minimum atomic E-state index is -1.00. The van der Waals surface area contributed by atoms with E-state index in [9.17, 15) is 9.59 Å². The maximum atomic E-state index is 10.6.